The van der Waals surface area contributed by atoms with Gasteiger partial charge in [-0.3, -0.25) is 0 Å². The highest BCUT2D eigenvalue weighted by Crippen LogP contribution is 2.20. The highest BCUT2D eigenvalue weighted by atomic mass is 15.1. The fourth-order valence-corrected chi connectivity index (χ4v) is 2.93. The molecule has 2 nitrogen and oxygen atoms in total. The average molecular weight is 314 g/mol. The molecule has 1 aromatic heterocycles. The van der Waals surface area contributed by atoms with E-state index in [-0.39, 0.29) is 0 Å². The molecule has 0 N–H and O–H groups in total. The maximum absolute atomic E-state index is 2.35. The van der Waals surface area contributed by atoms with Crippen LogP contribution in [0.5, 0.6) is 0 Å². The molecule has 126 valence electrons. The predicted octanol–water partition coefficient (Wildman–Crippen LogP) is 5.35. The standard InChI is InChI=1S/C21H33N2/c1-6-19(5)20-9-11-21(12-10-20)23-14-13-22(16-23)15-18(4)8-7-17(2)3/h9-14,16-19H,6-8,15H2,1-5H3/q+1. The van der Waals surface area contributed by atoms with Gasteiger partial charge >= 0.3 is 0 Å². The molecule has 2 rings (SSSR count). The molecule has 2 atom stereocenters. The Labute approximate surface area is 142 Å². The van der Waals surface area contributed by atoms with E-state index in [1.165, 1.54) is 30.5 Å². The summed E-state index contributed by atoms with van der Waals surface area (Å²) in [6.45, 7) is 12.6. The minimum atomic E-state index is 0.639. The lowest BCUT2D eigenvalue weighted by molar-refractivity contribution is -0.702. The van der Waals surface area contributed by atoms with Gasteiger partial charge in [-0.15, -0.1) is 0 Å². The Hall–Kier alpha value is -1.57. The van der Waals surface area contributed by atoms with Gasteiger partial charge < -0.3 is 0 Å². The zero-order valence-corrected chi connectivity index (χ0v) is 15.5. The fraction of sp³-hybridized carbons (Fsp3) is 0.571. The van der Waals surface area contributed by atoms with Crippen LogP contribution in [0, 0.1) is 11.8 Å². The van der Waals surface area contributed by atoms with E-state index in [0.29, 0.717) is 5.92 Å². The normalized spacial score (nSPS) is 14.2. The molecule has 2 heteroatoms. The predicted molar refractivity (Wildman–Crippen MR) is 97.9 cm³/mol. The van der Waals surface area contributed by atoms with Crippen molar-refractivity contribution in [2.45, 2.75) is 66.3 Å². The molecule has 2 aromatic rings. The molecule has 0 radical (unpaired) electrons. The van der Waals surface area contributed by atoms with Gasteiger partial charge in [0.1, 0.15) is 18.1 Å². The summed E-state index contributed by atoms with van der Waals surface area (Å²) < 4.78 is 4.53. The van der Waals surface area contributed by atoms with Crippen molar-refractivity contribution in [3.05, 3.63) is 48.5 Å². The monoisotopic (exact) mass is 313 g/mol. The summed E-state index contributed by atoms with van der Waals surface area (Å²) in [6.07, 6.45) is 10.4. The number of imidazole rings is 1. The number of rotatable bonds is 8. The van der Waals surface area contributed by atoms with Crippen LogP contribution in [-0.4, -0.2) is 4.57 Å². The number of benzene rings is 1. The third-order valence-electron chi connectivity index (χ3n) is 4.82. The Morgan fingerprint density at radius 2 is 1.70 bits per heavy atom. The highest BCUT2D eigenvalue weighted by molar-refractivity contribution is 5.35. The first-order valence-electron chi connectivity index (χ1n) is 9.17. The molecule has 0 aliphatic carbocycles. The third kappa shape index (κ3) is 5.23. The largest absolute Gasteiger partial charge is 0.248 e. The van der Waals surface area contributed by atoms with Crippen LogP contribution in [-0.2, 0) is 6.54 Å². The second-order valence-corrected chi connectivity index (χ2v) is 7.49. The Bertz CT molecular complexity index is 580. The van der Waals surface area contributed by atoms with Gasteiger partial charge in [-0.2, -0.15) is 0 Å². The molecule has 0 saturated heterocycles. The van der Waals surface area contributed by atoms with Crippen LogP contribution in [0.25, 0.3) is 5.69 Å². The van der Waals surface area contributed by atoms with E-state index in [9.17, 15) is 0 Å². The van der Waals surface area contributed by atoms with Gasteiger partial charge in [0.2, 0.25) is 6.33 Å². The van der Waals surface area contributed by atoms with Crippen LogP contribution in [0.4, 0.5) is 0 Å². The molecular weight excluding hydrogens is 280 g/mol. The van der Waals surface area contributed by atoms with Crippen molar-refractivity contribution in [2.75, 3.05) is 0 Å². The summed E-state index contributed by atoms with van der Waals surface area (Å²) in [4.78, 5) is 0. The zero-order chi connectivity index (χ0) is 16.8. The summed E-state index contributed by atoms with van der Waals surface area (Å²) >= 11 is 0. The van der Waals surface area contributed by atoms with Crippen molar-refractivity contribution in [3.8, 4) is 5.69 Å². The molecule has 1 heterocycles. The van der Waals surface area contributed by atoms with Gasteiger partial charge in [-0.05, 0) is 48.3 Å². The summed E-state index contributed by atoms with van der Waals surface area (Å²) in [7, 11) is 0. The van der Waals surface area contributed by atoms with Gasteiger partial charge in [-0.1, -0.05) is 53.2 Å². The Balaban J connectivity index is 1.98. The molecule has 0 amide bonds. The van der Waals surface area contributed by atoms with E-state index >= 15 is 0 Å². The summed E-state index contributed by atoms with van der Waals surface area (Å²) in [5.74, 6) is 2.17. The van der Waals surface area contributed by atoms with Gasteiger partial charge in [0.25, 0.3) is 0 Å². The van der Waals surface area contributed by atoms with Crippen LogP contribution in [0.2, 0.25) is 0 Å². The number of nitrogens with zero attached hydrogens (tertiary/aromatic N) is 2. The second kappa shape index (κ2) is 8.33. The average Bonchev–Trinajstić information content (AvgIpc) is 3.00. The maximum Gasteiger partial charge on any atom is 0.248 e. The van der Waals surface area contributed by atoms with Crippen molar-refractivity contribution >= 4 is 0 Å². The molecule has 0 saturated carbocycles. The minimum Gasteiger partial charge on any atom is -0.236 e. The summed E-state index contributed by atoms with van der Waals surface area (Å²) in [5.41, 5.74) is 2.67. The first kappa shape index (κ1) is 17.8. The fourth-order valence-electron chi connectivity index (χ4n) is 2.93. The molecule has 1 aromatic carbocycles. The van der Waals surface area contributed by atoms with Crippen molar-refractivity contribution in [2.24, 2.45) is 11.8 Å². The van der Waals surface area contributed by atoms with E-state index in [2.05, 4.69) is 86.7 Å². The molecule has 0 bridgehead atoms. The number of hydrogen-bond acceptors (Lipinski definition) is 0. The quantitative estimate of drug-likeness (QED) is 0.581. The molecule has 0 aliphatic heterocycles. The van der Waals surface area contributed by atoms with Crippen LogP contribution in [0.15, 0.2) is 43.0 Å². The van der Waals surface area contributed by atoms with Gasteiger partial charge in [0.15, 0.2) is 0 Å². The lowest BCUT2D eigenvalue weighted by Crippen LogP contribution is -2.34. The Morgan fingerprint density at radius 1 is 1.00 bits per heavy atom. The SMILES string of the molecule is CCC(C)c1ccc(-n2cc[n+](CC(C)CCC(C)C)c2)cc1. The smallest absolute Gasteiger partial charge is 0.236 e. The van der Waals surface area contributed by atoms with E-state index in [1.54, 1.807) is 0 Å². The first-order valence-corrected chi connectivity index (χ1v) is 9.17. The third-order valence-corrected chi connectivity index (χ3v) is 4.82. The van der Waals surface area contributed by atoms with E-state index < -0.39 is 0 Å². The highest BCUT2D eigenvalue weighted by Gasteiger charge is 2.11. The Morgan fingerprint density at radius 3 is 2.30 bits per heavy atom. The number of aromatic nitrogens is 2. The molecule has 0 spiro atoms. The first-order chi connectivity index (χ1) is 11.0. The topological polar surface area (TPSA) is 8.81 Å². The number of hydrogen-bond donors (Lipinski definition) is 0. The zero-order valence-electron chi connectivity index (χ0n) is 15.5. The van der Waals surface area contributed by atoms with Gasteiger partial charge in [0.05, 0.1) is 6.54 Å². The molecule has 23 heavy (non-hydrogen) atoms. The van der Waals surface area contributed by atoms with Crippen LogP contribution >= 0.6 is 0 Å². The van der Waals surface area contributed by atoms with Crippen molar-refractivity contribution in [3.63, 3.8) is 0 Å². The van der Waals surface area contributed by atoms with E-state index in [0.717, 1.165) is 18.4 Å². The van der Waals surface area contributed by atoms with Crippen LogP contribution in [0.1, 0.15) is 65.4 Å². The Kier molecular flexibility index (Phi) is 6.44. The van der Waals surface area contributed by atoms with Crippen LogP contribution < -0.4 is 4.57 Å². The van der Waals surface area contributed by atoms with Gasteiger partial charge in [0, 0.05) is 0 Å². The second-order valence-electron chi connectivity index (χ2n) is 7.49. The van der Waals surface area contributed by atoms with E-state index in [1.807, 2.05) is 0 Å². The molecule has 0 aliphatic rings. The lowest BCUT2D eigenvalue weighted by Gasteiger charge is -2.10. The lowest BCUT2D eigenvalue weighted by atomic mass is 9.99. The van der Waals surface area contributed by atoms with E-state index in [4.69, 9.17) is 0 Å². The molecule has 0 fully saturated rings. The maximum atomic E-state index is 2.35. The van der Waals surface area contributed by atoms with Crippen molar-refractivity contribution in [1.29, 1.82) is 0 Å². The molecular formula is C21H33N2+. The van der Waals surface area contributed by atoms with Crippen molar-refractivity contribution < 1.29 is 4.57 Å². The van der Waals surface area contributed by atoms with Crippen LogP contribution in [0.3, 0.4) is 0 Å². The minimum absolute atomic E-state index is 0.639. The molecule has 2 unspecified atom stereocenters. The summed E-state index contributed by atoms with van der Waals surface area (Å²) in [6, 6.07) is 8.99. The summed E-state index contributed by atoms with van der Waals surface area (Å²) in [5, 5.41) is 0. The van der Waals surface area contributed by atoms with Gasteiger partial charge in [-0.25, -0.2) is 9.13 Å². The van der Waals surface area contributed by atoms with Crippen molar-refractivity contribution in [1.82, 2.24) is 4.57 Å².